The summed E-state index contributed by atoms with van der Waals surface area (Å²) in [5.41, 5.74) is 6.27. The van der Waals surface area contributed by atoms with Crippen molar-refractivity contribution in [3.63, 3.8) is 0 Å². The molecule has 2 heteroatoms. The van der Waals surface area contributed by atoms with Gasteiger partial charge in [0, 0.05) is 18.8 Å². The molecule has 0 radical (unpaired) electrons. The average molecular weight is 306 g/mol. The monoisotopic (exact) mass is 305 g/mol. The van der Waals surface area contributed by atoms with Gasteiger partial charge in [-0.15, -0.1) is 0 Å². The first-order valence-electron chi connectivity index (χ1n) is 8.23. The Hall–Kier alpha value is -0.630. The van der Waals surface area contributed by atoms with Crippen LogP contribution >= 0.6 is 11.8 Å². The van der Waals surface area contributed by atoms with Crippen molar-refractivity contribution in [1.29, 1.82) is 0 Å². The molecule has 1 unspecified atom stereocenters. The molecule has 2 rings (SSSR count). The Morgan fingerprint density at radius 2 is 1.81 bits per heavy atom. The topological polar surface area (TPSA) is 3.24 Å². The fourth-order valence-electron chi connectivity index (χ4n) is 3.41. The molecule has 1 heterocycles. The van der Waals surface area contributed by atoms with Crippen LogP contribution in [-0.4, -0.2) is 25.1 Å². The van der Waals surface area contributed by atoms with E-state index in [0.717, 1.165) is 0 Å². The minimum Gasteiger partial charge on any atom is -0.371 e. The van der Waals surface area contributed by atoms with Crippen molar-refractivity contribution in [1.82, 2.24) is 0 Å². The Bertz CT molecular complexity index is 481. The van der Waals surface area contributed by atoms with E-state index >= 15 is 0 Å². The zero-order chi connectivity index (χ0) is 15.6. The first-order valence-corrected chi connectivity index (χ1v) is 9.63. The molecule has 0 aliphatic carbocycles. The lowest BCUT2D eigenvalue weighted by Gasteiger charge is -2.30. The van der Waals surface area contributed by atoms with Crippen LogP contribution in [0.2, 0.25) is 0 Å². The molecular formula is C19H31NS. The van der Waals surface area contributed by atoms with E-state index in [-0.39, 0.29) is 5.41 Å². The van der Waals surface area contributed by atoms with Crippen LogP contribution in [0, 0.1) is 6.92 Å². The Labute approximate surface area is 135 Å². The molecule has 1 fully saturated rings. The van der Waals surface area contributed by atoms with Crippen molar-refractivity contribution >= 4 is 17.4 Å². The van der Waals surface area contributed by atoms with Gasteiger partial charge in [-0.05, 0) is 65.9 Å². The highest BCUT2D eigenvalue weighted by Gasteiger charge is 2.24. The Morgan fingerprint density at radius 3 is 2.33 bits per heavy atom. The lowest BCUT2D eigenvalue weighted by molar-refractivity contribution is 0.588. The molecule has 1 atom stereocenters. The minimum absolute atomic E-state index is 0.223. The standard InChI is InChI=1S/C19H31NS/c1-14-11-16(19(3,4)5)12-17(20-9-7-8-10-20)18(14)15(2)13-21-6/h11-12,15H,7-10,13H2,1-6H3. The van der Waals surface area contributed by atoms with Gasteiger partial charge in [0.2, 0.25) is 0 Å². The maximum atomic E-state index is 2.62. The zero-order valence-electron chi connectivity index (χ0n) is 14.6. The summed E-state index contributed by atoms with van der Waals surface area (Å²) in [5, 5.41) is 0. The summed E-state index contributed by atoms with van der Waals surface area (Å²) in [6, 6.07) is 4.90. The number of benzene rings is 1. The fourth-order valence-corrected chi connectivity index (χ4v) is 4.07. The van der Waals surface area contributed by atoms with Crippen molar-refractivity contribution < 1.29 is 0 Å². The molecule has 0 N–H and O–H groups in total. The SMILES string of the molecule is CSCC(C)c1c(C)cc(C(C)(C)C)cc1N1CCCC1. The lowest BCUT2D eigenvalue weighted by atomic mass is 9.83. The van der Waals surface area contributed by atoms with E-state index in [0.29, 0.717) is 5.92 Å². The molecule has 1 aromatic carbocycles. The summed E-state index contributed by atoms with van der Waals surface area (Å²) in [6.45, 7) is 14.1. The summed E-state index contributed by atoms with van der Waals surface area (Å²) in [7, 11) is 0. The molecule has 0 aromatic heterocycles. The number of nitrogens with zero attached hydrogens (tertiary/aromatic N) is 1. The van der Waals surface area contributed by atoms with Gasteiger partial charge in [0.15, 0.2) is 0 Å². The summed E-state index contributed by atoms with van der Waals surface area (Å²) >= 11 is 1.96. The van der Waals surface area contributed by atoms with E-state index in [9.17, 15) is 0 Å². The third-order valence-electron chi connectivity index (χ3n) is 4.59. The molecule has 118 valence electrons. The molecule has 0 spiro atoms. The summed E-state index contributed by atoms with van der Waals surface area (Å²) in [6.07, 6.45) is 4.90. The maximum absolute atomic E-state index is 2.62. The van der Waals surface area contributed by atoms with Gasteiger partial charge in [0.25, 0.3) is 0 Å². The van der Waals surface area contributed by atoms with E-state index in [4.69, 9.17) is 0 Å². The van der Waals surface area contributed by atoms with Gasteiger partial charge < -0.3 is 4.90 Å². The van der Waals surface area contributed by atoms with Crippen LogP contribution < -0.4 is 4.90 Å². The summed E-state index contributed by atoms with van der Waals surface area (Å²) < 4.78 is 0. The largest absolute Gasteiger partial charge is 0.371 e. The van der Waals surface area contributed by atoms with Gasteiger partial charge in [-0.1, -0.05) is 33.8 Å². The van der Waals surface area contributed by atoms with Gasteiger partial charge in [0.1, 0.15) is 0 Å². The second-order valence-corrected chi connectivity index (χ2v) is 8.44. The molecule has 1 aromatic rings. The first kappa shape index (κ1) is 16.7. The highest BCUT2D eigenvalue weighted by Crippen LogP contribution is 2.38. The third-order valence-corrected chi connectivity index (χ3v) is 5.42. The molecule has 0 saturated carbocycles. The Balaban J connectivity index is 2.51. The van der Waals surface area contributed by atoms with Gasteiger partial charge in [-0.25, -0.2) is 0 Å². The molecule has 1 nitrogen and oxygen atoms in total. The smallest absolute Gasteiger partial charge is 0.0407 e. The Morgan fingerprint density at radius 1 is 1.19 bits per heavy atom. The van der Waals surface area contributed by atoms with Gasteiger partial charge in [-0.2, -0.15) is 11.8 Å². The van der Waals surface area contributed by atoms with E-state index < -0.39 is 0 Å². The summed E-state index contributed by atoms with van der Waals surface area (Å²) in [4.78, 5) is 2.62. The third kappa shape index (κ3) is 3.77. The molecule has 1 saturated heterocycles. The fraction of sp³-hybridized carbons (Fsp3) is 0.684. The van der Waals surface area contributed by atoms with Crippen molar-refractivity contribution in [3.05, 3.63) is 28.8 Å². The molecule has 1 aliphatic rings. The zero-order valence-corrected chi connectivity index (χ0v) is 15.4. The molecule has 1 aliphatic heterocycles. The number of rotatable bonds is 4. The predicted octanol–water partition coefficient (Wildman–Crippen LogP) is 5.36. The predicted molar refractivity (Wildman–Crippen MR) is 98.1 cm³/mol. The van der Waals surface area contributed by atoms with Crippen molar-refractivity contribution in [3.8, 4) is 0 Å². The van der Waals surface area contributed by atoms with Crippen molar-refractivity contribution in [2.75, 3.05) is 30.0 Å². The van der Waals surface area contributed by atoms with Crippen LogP contribution in [-0.2, 0) is 5.41 Å². The maximum Gasteiger partial charge on any atom is 0.0407 e. The van der Waals surface area contributed by atoms with E-state index in [1.54, 1.807) is 5.56 Å². The van der Waals surface area contributed by atoms with E-state index in [1.807, 2.05) is 11.8 Å². The first-order chi connectivity index (χ1) is 9.84. The Kier molecular flexibility index (Phi) is 5.29. The minimum atomic E-state index is 0.223. The number of hydrogen-bond acceptors (Lipinski definition) is 2. The van der Waals surface area contributed by atoms with Crippen molar-refractivity contribution in [2.24, 2.45) is 0 Å². The quantitative estimate of drug-likeness (QED) is 0.736. The number of hydrogen-bond donors (Lipinski definition) is 0. The molecule has 0 amide bonds. The normalized spacial score (nSPS) is 17.3. The second kappa shape index (κ2) is 6.64. The molecule has 0 bridgehead atoms. The van der Waals surface area contributed by atoms with E-state index in [1.165, 1.54) is 48.5 Å². The number of anilines is 1. The summed E-state index contributed by atoms with van der Waals surface area (Å²) in [5.74, 6) is 1.83. The number of thioether (sulfide) groups is 1. The van der Waals surface area contributed by atoms with Crippen LogP contribution in [0.3, 0.4) is 0 Å². The van der Waals surface area contributed by atoms with Crippen LogP contribution in [0.15, 0.2) is 12.1 Å². The van der Waals surface area contributed by atoms with Crippen LogP contribution in [0.1, 0.15) is 63.1 Å². The molecule has 21 heavy (non-hydrogen) atoms. The van der Waals surface area contributed by atoms with Crippen LogP contribution in [0.5, 0.6) is 0 Å². The highest BCUT2D eigenvalue weighted by molar-refractivity contribution is 7.98. The van der Waals surface area contributed by atoms with Gasteiger partial charge in [-0.3, -0.25) is 0 Å². The number of aryl methyl sites for hydroxylation is 1. The van der Waals surface area contributed by atoms with Gasteiger partial charge in [0.05, 0.1) is 0 Å². The highest BCUT2D eigenvalue weighted by atomic mass is 32.2. The van der Waals surface area contributed by atoms with Crippen molar-refractivity contribution in [2.45, 2.75) is 58.8 Å². The molecular weight excluding hydrogens is 274 g/mol. The lowest BCUT2D eigenvalue weighted by Crippen LogP contribution is -2.23. The van der Waals surface area contributed by atoms with E-state index in [2.05, 4.69) is 57.9 Å². The van der Waals surface area contributed by atoms with Crippen LogP contribution in [0.25, 0.3) is 0 Å². The van der Waals surface area contributed by atoms with Gasteiger partial charge >= 0.3 is 0 Å². The van der Waals surface area contributed by atoms with Crippen LogP contribution in [0.4, 0.5) is 5.69 Å². The average Bonchev–Trinajstić information content (AvgIpc) is 2.90. The second-order valence-electron chi connectivity index (χ2n) is 7.53.